The average molecular weight is 206 g/mol. The van der Waals surface area contributed by atoms with Crippen LogP contribution in [0.25, 0.3) is 0 Å². The normalized spacial score (nSPS) is 31.2. The number of nitrogens with one attached hydrogen (secondary N) is 1. The summed E-state index contributed by atoms with van der Waals surface area (Å²) >= 11 is 0. The summed E-state index contributed by atoms with van der Waals surface area (Å²) in [5, 5.41) is 3.55. The largest absolute Gasteiger partial charge is 0.381 e. The molecule has 1 atom stereocenters. The van der Waals surface area contributed by atoms with Gasteiger partial charge in [-0.2, -0.15) is 0 Å². The summed E-state index contributed by atoms with van der Waals surface area (Å²) < 4.78 is 5.40. The third kappa shape index (κ3) is 1.85. The van der Waals surface area contributed by atoms with E-state index < -0.39 is 0 Å². The van der Waals surface area contributed by atoms with Crippen LogP contribution >= 0.6 is 12.4 Å². The van der Waals surface area contributed by atoms with Gasteiger partial charge in [-0.25, -0.2) is 0 Å². The number of hydrogen-bond acceptors (Lipinski definition) is 2. The second-order valence-corrected chi connectivity index (χ2v) is 4.58. The van der Waals surface area contributed by atoms with Crippen molar-refractivity contribution in [3.8, 4) is 0 Å². The highest BCUT2D eigenvalue weighted by molar-refractivity contribution is 5.85. The molecule has 0 aromatic heterocycles. The van der Waals surface area contributed by atoms with Gasteiger partial charge in [-0.1, -0.05) is 13.8 Å². The lowest BCUT2D eigenvalue weighted by molar-refractivity contribution is -0.0597. The fraction of sp³-hybridized carbons (Fsp3) is 1.00. The van der Waals surface area contributed by atoms with Gasteiger partial charge in [0.2, 0.25) is 0 Å². The minimum absolute atomic E-state index is 0. The summed E-state index contributed by atoms with van der Waals surface area (Å²) in [5.74, 6) is 0.775. The second kappa shape index (κ2) is 4.16. The van der Waals surface area contributed by atoms with Crippen molar-refractivity contribution in [2.75, 3.05) is 19.8 Å². The molecule has 13 heavy (non-hydrogen) atoms. The maximum absolute atomic E-state index is 5.40. The summed E-state index contributed by atoms with van der Waals surface area (Å²) in [4.78, 5) is 0. The minimum atomic E-state index is 0. The van der Waals surface area contributed by atoms with Crippen LogP contribution in [0.4, 0.5) is 0 Å². The van der Waals surface area contributed by atoms with Crippen LogP contribution in [0, 0.1) is 11.3 Å². The molecule has 1 unspecified atom stereocenters. The van der Waals surface area contributed by atoms with E-state index in [4.69, 9.17) is 4.74 Å². The highest BCUT2D eigenvalue weighted by atomic mass is 35.5. The highest BCUT2D eigenvalue weighted by Gasteiger charge is 2.48. The summed E-state index contributed by atoms with van der Waals surface area (Å²) in [5.41, 5.74) is 0.604. The first kappa shape index (κ1) is 11.3. The zero-order chi connectivity index (χ0) is 8.60. The zero-order valence-electron chi connectivity index (χ0n) is 8.51. The standard InChI is InChI=1S/C10H19NO.ClH/c1-8(2)9-10(7-11-9)3-5-12-6-4-10;/h8-9,11H,3-7H2,1-2H3;1H. The van der Waals surface area contributed by atoms with Crippen LogP contribution in [-0.2, 0) is 4.74 Å². The van der Waals surface area contributed by atoms with Crippen LogP contribution in [0.3, 0.4) is 0 Å². The Hall–Kier alpha value is 0.210. The first-order chi connectivity index (χ1) is 5.75. The Bertz CT molecular complexity index is 166. The summed E-state index contributed by atoms with van der Waals surface area (Å²) in [6.45, 7) is 7.80. The second-order valence-electron chi connectivity index (χ2n) is 4.58. The third-order valence-corrected chi connectivity index (χ3v) is 3.49. The molecule has 2 aliphatic rings. The van der Waals surface area contributed by atoms with Crippen molar-refractivity contribution in [3.63, 3.8) is 0 Å². The zero-order valence-corrected chi connectivity index (χ0v) is 9.32. The maximum Gasteiger partial charge on any atom is 0.0472 e. The molecule has 0 aromatic rings. The Morgan fingerprint density at radius 3 is 2.31 bits per heavy atom. The van der Waals surface area contributed by atoms with Crippen LogP contribution in [-0.4, -0.2) is 25.8 Å². The predicted molar refractivity (Wildman–Crippen MR) is 56.4 cm³/mol. The molecule has 2 heterocycles. The molecule has 1 N–H and O–H groups in total. The number of halogens is 1. The Balaban J connectivity index is 0.000000845. The lowest BCUT2D eigenvalue weighted by atomic mass is 9.64. The molecule has 2 nitrogen and oxygen atoms in total. The van der Waals surface area contributed by atoms with E-state index >= 15 is 0 Å². The van der Waals surface area contributed by atoms with Crippen molar-refractivity contribution in [1.29, 1.82) is 0 Å². The highest BCUT2D eigenvalue weighted by Crippen LogP contribution is 2.42. The molecule has 0 aromatic carbocycles. The van der Waals surface area contributed by atoms with Gasteiger partial charge in [-0.05, 0) is 18.8 Å². The molecular formula is C10H20ClNO. The first-order valence-corrected chi connectivity index (χ1v) is 5.06. The van der Waals surface area contributed by atoms with Gasteiger partial charge in [-0.15, -0.1) is 12.4 Å². The fourth-order valence-corrected chi connectivity index (χ4v) is 2.72. The van der Waals surface area contributed by atoms with Gasteiger partial charge in [0.25, 0.3) is 0 Å². The van der Waals surface area contributed by atoms with Crippen molar-refractivity contribution in [2.45, 2.75) is 32.7 Å². The van der Waals surface area contributed by atoms with Gasteiger partial charge >= 0.3 is 0 Å². The molecule has 78 valence electrons. The van der Waals surface area contributed by atoms with Gasteiger partial charge in [0.05, 0.1) is 0 Å². The van der Waals surface area contributed by atoms with E-state index in [1.165, 1.54) is 19.4 Å². The molecule has 2 saturated heterocycles. The first-order valence-electron chi connectivity index (χ1n) is 5.06. The number of rotatable bonds is 1. The van der Waals surface area contributed by atoms with Crippen LogP contribution in [0.1, 0.15) is 26.7 Å². The molecule has 2 fully saturated rings. The van der Waals surface area contributed by atoms with Crippen LogP contribution in [0.2, 0.25) is 0 Å². The van der Waals surface area contributed by atoms with Crippen LogP contribution in [0.5, 0.6) is 0 Å². The van der Waals surface area contributed by atoms with E-state index in [1.54, 1.807) is 0 Å². The van der Waals surface area contributed by atoms with Crippen molar-refractivity contribution < 1.29 is 4.74 Å². The topological polar surface area (TPSA) is 21.3 Å². The van der Waals surface area contributed by atoms with Crippen molar-refractivity contribution in [3.05, 3.63) is 0 Å². The molecule has 0 saturated carbocycles. The average Bonchev–Trinajstić information content (AvgIpc) is 2.03. The number of hydrogen-bond donors (Lipinski definition) is 1. The van der Waals surface area contributed by atoms with E-state index in [9.17, 15) is 0 Å². The lowest BCUT2D eigenvalue weighted by Crippen LogP contribution is -2.66. The van der Waals surface area contributed by atoms with Crippen molar-refractivity contribution in [1.82, 2.24) is 5.32 Å². The molecular weight excluding hydrogens is 186 g/mol. The Morgan fingerprint density at radius 2 is 1.92 bits per heavy atom. The van der Waals surface area contributed by atoms with Gasteiger partial charge < -0.3 is 10.1 Å². The summed E-state index contributed by atoms with van der Waals surface area (Å²) in [6, 6.07) is 0.751. The molecule has 0 amide bonds. The summed E-state index contributed by atoms with van der Waals surface area (Å²) in [7, 11) is 0. The van der Waals surface area contributed by atoms with Crippen LogP contribution < -0.4 is 5.32 Å². The minimum Gasteiger partial charge on any atom is -0.381 e. The monoisotopic (exact) mass is 205 g/mol. The third-order valence-electron chi connectivity index (χ3n) is 3.49. The molecule has 0 radical (unpaired) electrons. The summed E-state index contributed by atoms with van der Waals surface area (Å²) in [6.07, 6.45) is 2.53. The van der Waals surface area contributed by atoms with Gasteiger partial charge in [0.1, 0.15) is 0 Å². The molecule has 0 bridgehead atoms. The van der Waals surface area contributed by atoms with E-state index in [-0.39, 0.29) is 12.4 Å². The Morgan fingerprint density at radius 1 is 1.31 bits per heavy atom. The van der Waals surface area contributed by atoms with Crippen molar-refractivity contribution in [2.24, 2.45) is 11.3 Å². The van der Waals surface area contributed by atoms with E-state index in [2.05, 4.69) is 19.2 Å². The lowest BCUT2D eigenvalue weighted by Gasteiger charge is -2.54. The smallest absolute Gasteiger partial charge is 0.0472 e. The maximum atomic E-state index is 5.40. The molecule has 1 spiro atoms. The molecule has 2 rings (SSSR count). The van der Waals surface area contributed by atoms with E-state index in [0.29, 0.717) is 5.41 Å². The Labute approximate surface area is 86.8 Å². The molecule has 3 heteroatoms. The number of ether oxygens (including phenoxy) is 1. The van der Waals surface area contributed by atoms with Gasteiger partial charge in [-0.3, -0.25) is 0 Å². The fourth-order valence-electron chi connectivity index (χ4n) is 2.72. The molecule has 2 aliphatic heterocycles. The van der Waals surface area contributed by atoms with E-state index in [0.717, 1.165) is 25.2 Å². The predicted octanol–water partition coefficient (Wildman–Crippen LogP) is 1.83. The van der Waals surface area contributed by atoms with Crippen LogP contribution in [0.15, 0.2) is 0 Å². The SMILES string of the molecule is CC(C)C1NCC12CCOCC2.Cl. The quantitative estimate of drug-likeness (QED) is 0.706. The Kier molecular flexibility index (Phi) is 3.61. The van der Waals surface area contributed by atoms with Gasteiger partial charge in [0.15, 0.2) is 0 Å². The van der Waals surface area contributed by atoms with E-state index in [1.807, 2.05) is 0 Å². The van der Waals surface area contributed by atoms with Crippen molar-refractivity contribution >= 4 is 12.4 Å². The molecule has 0 aliphatic carbocycles. The van der Waals surface area contributed by atoms with Gasteiger partial charge in [0, 0.05) is 31.2 Å².